The number of amides is 1. The van der Waals surface area contributed by atoms with E-state index in [1.54, 1.807) is 18.3 Å². The van der Waals surface area contributed by atoms with Crippen LogP contribution in [-0.2, 0) is 6.18 Å². The average molecular weight is 326 g/mol. The van der Waals surface area contributed by atoms with E-state index < -0.39 is 17.6 Å². The summed E-state index contributed by atoms with van der Waals surface area (Å²) < 4.78 is 37.5. The second kappa shape index (κ2) is 6.83. The number of aromatic nitrogens is 1. The van der Waals surface area contributed by atoms with E-state index in [0.29, 0.717) is 16.3 Å². The first-order chi connectivity index (χ1) is 10.4. The molecule has 1 aromatic heterocycles. The number of hydrogen-bond acceptors (Lipinski definition) is 3. The Hall–Kier alpha value is -2.02. The minimum absolute atomic E-state index is 0.300. The fraction of sp³-hybridized carbons (Fsp3) is 0.200. The summed E-state index contributed by atoms with van der Waals surface area (Å²) in [6.45, 7) is 1.94. The van der Waals surface area contributed by atoms with Crippen LogP contribution < -0.4 is 5.32 Å². The Kier molecular flexibility index (Phi) is 5.07. The summed E-state index contributed by atoms with van der Waals surface area (Å²) in [5.41, 5.74) is -0.0577. The minimum atomic E-state index is -4.39. The number of pyridine rings is 1. The lowest BCUT2D eigenvalue weighted by molar-refractivity contribution is -0.137. The van der Waals surface area contributed by atoms with Crippen molar-refractivity contribution in [3.63, 3.8) is 0 Å². The number of alkyl halides is 3. The van der Waals surface area contributed by atoms with Crippen molar-refractivity contribution in [3.05, 3.63) is 53.7 Å². The molecule has 1 heterocycles. The Morgan fingerprint density at radius 1 is 1.23 bits per heavy atom. The molecule has 0 saturated heterocycles. The lowest BCUT2D eigenvalue weighted by atomic mass is 10.2. The first-order valence-corrected chi connectivity index (χ1v) is 7.47. The van der Waals surface area contributed by atoms with Crippen LogP contribution in [0.25, 0.3) is 0 Å². The van der Waals surface area contributed by atoms with E-state index in [4.69, 9.17) is 0 Å². The third kappa shape index (κ3) is 4.00. The number of anilines is 1. The zero-order valence-electron chi connectivity index (χ0n) is 11.6. The molecule has 22 heavy (non-hydrogen) atoms. The van der Waals surface area contributed by atoms with Gasteiger partial charge in [0.1, 0.15) is 5.03 Å². The molecule has 2 aromatic rings. The van der Waals surface area contributed by atoms with Gasteiger partial charge in [0.05, 0.1) is 11.1 Å². The van der Waals surface area contributed by atoms with Gasteiger partial charge >= 0.3 is 6.18 Å². The molecule has 0 saturated carbocycles. The van der Waals surface area contributed by atoms with Crippen LogP contribution in [0.3, 0.4) is 0 Å². The molecule has 0 aliphatic rings. The summed E-state index contributed by atoms with van der Waals surface area (Å²) in [4.78, 5) is 16.3. The molecule has 1 N–H and O–H groups in total. The predicted molar refractivity (Wildman–Crippen MR) is 80.0 cm³/mol. The maximum absolute atomic E-state index is 12.5. The summed E-state index contributed by atoms with van der Waals surface area (Å²) in [6, 6.07) is 7.58. The number of carbonyl (C=O) groups excluding carboxylic acids is 1. The van der Waals surface area contributed by atoms with Crippen LogP contribution in [0.2, 0.25) is 0 Å². The van der Waals surface area contributed by atoms with E-state index in [-0.39, 0.29) is 0 Å². The maximum Gasteiger partial charge on any atom is 0.416 e. The molecule has 0 aliphatic carbocycles. The van der Waals surface area contributed by atoms with Crippen molar-refractivity contribution < 1.29 is 18.0 Å². The average Bonchev–Trinajstić information content (AvgIpc) is 2.47. The highest BCUT2D eigenvalue weighted by Crippen LogP contribution is 2.30. The fourth-order valence-corrected chi connectivity index (χ4v) is 2.48. The van der Waals surface area contributed by atoms with Crippen molar-refractivity contribution in [1.29, 1.82) is 0 Å². The molecule has 2 rings (SSSR count). The summed E-state index contributed by atoms with van der Waals surface area (Å²) in [5, 5.41) is 3.17. The number of halogens is 3. The first kappa shape index (κ1) is 16.4. The van der Waals surface area contributed by atoms with Gasteiger partial charge < -0.3 is 5.32 Å². The number of nitrogens with one attached hydrogen (secondary N) is 1. The normalized spacial score (nSPS) is 11.3. The number of thioether (sulfide) groups is 1. The molecule has 0 atom stereocenters. The second-order valence-electron chi connectivity index (χ2n) is 4.32. The largest absolute Gasteiger partial charge is 0.416 e. The van der Waals surface area contributed by atoms with Crippen LogP contribution in [0.4, 0.5) is 18.9 Å². The third-order valence-corrected chi connectivity index (χ3v) is 3.65. The first-order valence-electron chi connectivity index (χ1n) is 6.48. The quantitative estimate of drug-likeness (QED) is 0.843. The number of nitrogens with zero attached hydrogens (tertiary/aromatic N) is 1. The van der Waals surface area contributed by atoms with Crippen LogP contribution in [0, 0.1) is 0 Å². The molecule has 116 valence electrons. The molecule has 0 spiro atoms. The van der Waals surface area contributed by atoms with Gasteiger partial charge in [-0.1, -0.05) is 6.92 Å². The van der Waals surface area contributed by atoms with Crippen molar-refractivity contribution >= 4 is 23.4 Å². The Morgan fingerprint density at radius 2 is 1.91 bits per heavy atom. The van der Waals surface area contributed by atoms with Gasteiger partial charge in [-0.3, -0.25) is 4.79 Å². The van der Waals surface area contributed by atoms with Crippen molar-refractivity contribution in [2.75, 3.05) is 11.1 Å². The van der Waals surface area contributed by atoms with Crippen molar-refractivity contribution in [2.24, 2.45) is 0 Å². The molecular weight excluding hydrogens is 313 g/mol. The molecule has 0 unspecified atom stereocenters. The summed E-state index contributed by atoms with van der Waals surface area (Å²) in [7, 11) is 0. The van der Waals surface area contributed by atoms with E-state index in [9.17, 15) is 18.0 Å². The van der Waals surface area contributed by atoms with Gasteiger partial charge in [0.25, 0.3) is 5.91 Å². The second-order valence-corrected chi connectivity index (χ2v) is 5.57. The van der Waals surface area contributed by atoms with Crippen LogP contribution in [0.1, 0.15) is 22.8 Å². The lowest BCUT2D eigenvalue weighted by Crippen LogP contribution is -2.14. The lowest BCUT2D eigenvalue weighted by Gasteiger charge is -2.10. The Bertz CT molecular complexity index is 657. The number of rotatable bonds is 4. The predicted octanol–water partition coefficient (Wildman–Crippen LogP) is 4.46. The van der Waals surface area contributed by atoms with E-state index >= 15 is 0 Å². The molecule has 0 aliphatic heterocycles. The van der Waals surface area contributed by atoms with E-state index in [1.165, 1.54) is 23.9 Å². The number of benzene rings is 1. The molecule has 0 bridgehead atoms. The summed E-state index contributed by atoms with van der Waals surface area (Å²) in [6.07, 6.45) is -2.80. The van der Waals surface area contributed by atoms with Gasteiger partial charge in [0.15, 0.2) is 0 Å². The fourth-order valence-electron chi connectivity index (χ4n) is 1.76. The smallest absolute Gasteiger partial charge is 0.322 e. The Labute approximate surface area is 129 Å². The SMILES string of the molecule is CCSc1ncccc1C(=O)Nc1ccc(C(F)(F)F)cc1. The van der Waals surface area contributed by atoms with Crippen LogP contribution in [0.15, 0.2) is 47.6 Å². The highest BCUT2D eigenvalue weighted by molar-refractivity contribution is 7.99. The molecular formula is C15H13F3N2OS. The molecule has 7 heteroatoms. The van der Waals surface area contributed by atoms with Gasteiger partial charge in [-0.05, 0) is 42.2 Å². The maximum atomic E-state index is 12.5. The van der Waals surface area contributed by atoms with Gasteiger partial charge in [0, 0.05) is 11.9 Å². The Morgan fingerprint density at radius 3 is 2.50 bits per heavy atom. The summed E-state index contributed by atoms with van der Waals surface area (Å²) in [5.74, 6) is 0.362. The highest BCUT2D eigenvalue weighted by Gasteiger charge is 2.30. The molecule has 3 nitrogen and oxygen atoms in total. The van der Waals surface area contributed by atoms with Crippen molar-refractivity contribution in [2.45, 2.75) is 18.1 Å². The zero-order valence-corrected chi connectivity index (χ0v) is 12.5. The van der Waals surface area contributed by atoms with Crippen molar-refractivity contribution in [1.82, 2.24) is 4.98 Å². The minimum Gasteiger partial charge on any atom is -0.322 e. The standard InChI is InChI=1S/C15H13F3N2OS/c1-2-22-14-12(4-3-9-19-14)13(21)20-11-7-5-10(6-8-11)15(16,17)18/h3-9H,2H2,1H3,(H,20,21). The molecule has 0 fully saturated rings. The topological polar surface area (TPSA) is 42.0 Å². The third-order valence-electron chi connectivity index (χ3n) is 2.77. The van der Waals surface area contributed by atoms with Crippen molar-refractivity contribution in [3.8, 4) is 0 Å². The van der Waals surface area contributed by atoms with Crippen LogP contribution >= 0.6 is 11.8 Å². The molecule has 1 aromatic carbocycles. The van der Waals surface area contributed by atoms with Gasteiger partial charge in [-0.2, -0.15) is 13.2 Å². The van der Waals surface area contributed by atoms with Crippen LogP contribution in [-0.4, -0.2) is 16.6 Å². The molecule has 0 radical (unpaired) electrons. The highest BCUT2D eigenvalue weighted by atomic mass is 32.2. The number of hydrogen-bond donors (Lipinski definition) is 1. The van der Waals surface area contributed by atoms with E-state index in [0.717, 1.165) is 17.9 Å². The summed E-state index contributed by atoms with van der Waals surface area (Å²) >= 11 is 1.43. The van der Waals surface area contributed by atoms with Gasteiger partial charge in [-0.25, -0.2) is 4.98 Å². The van der Waals surface area contributed by atoms with E-state index in [1.807, 2.05) is 6.92 Å². The molecule has 1 amide bonds. The number of carbonyl (C=O) groups is 1. The van der Waals surface area contributed by atoms with Gasteiger partial charge in [0.2, 0.25) is 0 Å². The van der Waals surface area contributed by atoms with Gasteiger partial charge in [-0.15, -0.1) is 11.8 Å². The zero-order chi connectivity index (χ0) is 16.2. The van der Waals surface area contributed by atoms with E-state index in [2.05, 4.69) is 10.3 Å². The Balaban J connectivity index is 2.16. The van der Waals surface area contributed by atoms with Crippen LogP contribution in [0.5, 0.6) is 0 Å². The monoisotopic (exact) mass is 326 g/mol.